The number of hydrogen-bond acceptors (Lipinski definition) is 0. The molecule has 0 spiro atoms. The third kappa shape index (κ3) is 3.64. The van der Waals surface area contributed by atoms with E-state index >= 15 is 0 Å². The Labute approximate surface area is 224 Å². The highest BCUT2D eigenvalue weighted by Crippen LogP contribution is 2.54. The van der Waals surface area contributed by atoms with Crippen LogP contribution in [0.3, 0.4) is 0 Å². The first-order chi connectivity index (χ1) is 17.7. The molecule has 0 N–H and O–H groups in total. The number of halogens is 1. The minimum atomic E-state index is -1.88. The molecular formula is C35H26ClP. The van der Waals surface area contributed by atoms with E-state index < -0.39 is 7.26 Å². The van der Waals surface area contributed by atoms with E-state index in [1.807, 2.05) is 0 Å². The molecule has 0 heterocycles. The standard InChI is InChI=1S/C35H26P.ClH/c1-36(28-13-4-2-5-14-28,29-15-6-3-7-16-29)33-18-9-8-17-31(33)30-23-21-27-20-19-25-11-10-12-26-22-24-32(30)35(27)34(25)26;/h2-24H,1H3;1H/q+1;/p-1. The van der Waals surface area contributed by atoms with Crippen LogP contribution < -0.4 is 28.3 Å². The molecule has 7 aromatic rings. The molecule has 0 bridgehead atoms. The van der Waals surface area contributed by atoms with Gasteiger partial charge in [0, 0.05) is 5.56 Å². The van der Waals surface area contributed by atoms with Crippen LogP contribution in [0.1, 0.15) is 0 Å². The zero-order valence-electron chi connectivity index (χ0n) is 20.6. The summed E-state index contributed by atoms with van der Waals surface area (Å²) in [6.07, 6.45) is 0. The monoisotopic (exact) mass is 512 g/mol. The Kier molecular flexibility index (Phi) is 5.96. The molecule has 0 atom stereocenters. The molecule has 7 aromatic carbocycles. The van der Waals surface area contributed by atoms with Crippen LogP contribution >= 0.6 is 7.26 Å². The average Bonchev–Trinajstić information content (AvgIpc) is 2.96. The minimum absolute atomic E-state index is 0. The van der Waals surface area contributed by atoms with E-state index in [9.17, 15) is 0 Å². The van der Waals surface area contributed by atoms with Crippen molar-refractivity contribution in [2.45, 2.75) is 0 Å². The van der Waals surface area contributed by atoms with E-state index in [0.717, 1.165) is 0 Å². The summed E-state index contributed by atoms with van der Waals surface area (Å²) in [5.41, 5.74) is 2.65. The lowest BCUT2D eigenvalue weighted by molar-refractivity contribution is -0.00000670. The molecule has 0 saturated carbocycles. The van der Waals surface area contributed by atoms with Gasteiger partial charge in [0.25, 0.3) is 0 Å². The zero-order chi connectivity index (χ0) is 24.1. The second-order valence-electron chi connectivity index (χ2n) is 9.66. The lowest BCUT2D eigenvalue weighted by atomic mass is 9.90. The lowest BCUT2D eigenvalue weighted by Crippen LogP contribution is -3.00. The Bertz CT molecular complexity index is 1790. The molecule has 7 rings (SSSR count). The summed E-state index contributed by atoms with van der Waals surface area (Å²) in [7, 11) is -1.88. The molecule has 0 nitrogen and oxygen atoms in total. The highest BCUT2D eigenvalue weighted by atomic mass is 35.5. The smallest absolute Gasteiger partial charge is 0.112 e. The van der Waals surface area contributed by atoms with Crippen LogP contribution in [0.15, 0.2) is 140 Å². The van der Waals surface area contributed by atoms with E-state index in [1.165, 1.54) is 59.4 Å². The first-order valence-corrected chi connectivity index (χ1v) is 14.7. The molecule has 0 radical (unpaired) electrons. The molecule has 0 aliphatic heterocycles. The Morgan fingerprint density at radius 1 is 0.405 bits per heavy atom. The summed E-state index contributed by atoms with van der Waals surface area (Å²) in [5.74, 6) is 0. The summed E-state index contributed by atoms with van der Waals surface area (Å²) >= 11 is 0. The van der Waals surface area contributed by atoms with Crippen molar-refractivity contribution < 1.29 is 12.4 Å². The van der Waals surface area contributed by atoms with Crippen LogP contribution in [-0.4, -0.2) is 6.66 Å². The highest BCUT2D eigenvalue weighted by Gasteiger charge is 2.42. The van der Waals surface area contributed by atoms with Crippen molar-refractivity contribution >= 4 is 55.5 Å². The quantitative estimate of drug-likeness (QED) is 0.225. The van der Waals surface area contributed by atoms with Gasteiger partial charge < -0.3 is 12.4 Å². The van der Waals surface area contributed by atoms with Gasteiger partial charge in [0.05, 0.1) is 6.66 Å². The molecule has 0 amide bonds. The number of benzene rings is 7. The number of hydrogen-bond donors (Lipinski definition) is 0. The minimum Gasteiger partial charge on any atom is -1.00 e. The fourth-order valence-electron chi connectivity index (χ4n) is 5.94. The van der Waals surface area contributed by atoms with Crippen molar-refractivity contribution in [3.63, 3.8) is 0 Å². The van der Waals surface area contributed by atoms with Gasteiger partial charge in [0.2, 0.25) is 0 Å². The van der Waals surface area contributed by atoms with Crippen LogP contribution in [0.25, 0.3) is 43.4 Å². The van der Waals surface area contributed by atoms with Crippen molar-refractivity contribution in [3.8, 4) is 11.1 Å². The predicted molar refractivity (Wildman–Crippen MR) is 160 cm³/mol. The van der Waals surface area contributed by atoms with Crippen LogP contribution in [0, 0.1) is 0 Å². The molecule has 178 valence electrons. The van der Waals surface area contributed by atoms with E-state index in [-0.39, 0.29) is 12.4 Å². The molecule has 0 aromatic heterocycles. The van der Waals surface area contributed by atoms with Gasteiger partial charge in [-0.05, 0) is 68.2 Å². The van der Waals surface area contributed by atoms with Crippen molar-refractivity contribution in [2.75, 3.05) is 6.66 Å². The molecule has 0 aliphatic rings. The highest BCUT2D eigenvalue weighted by molar-refractivity contribution is 7.95. The first kappa shape index (κ1) is 23.7. The lowest BCUT2D eigenvalue weighted by Gasteiger charge is -2.26. The van der Waals surface area contributed by atoms with Gasteiger partial charge in [0.1, 0.15) is 23.2 Å². The molecule has 2 heteroatoms. The second-order valence-corrected chi connectivity index (χ2v) is 13.2. The van der Waals surface area contributed by atoms with Gasteiger partial charge in [-0.25, -0.2) is 0 Å². The van der Waals surface area contributed by atoms with E-state index in [0.29, 0.717) is 0 Å². The van der Waals surface area contributed by atoms with Crippen molar-refractivity contribution in [2.24, 2.45) is 0 Å². The van der Waals surface area contributed by atoms with Crippen LogP contribution in [0.5, 0.6) is 0 Å². The summed E-state index contributed by atoms with van der Waals surface area (Å²) in [5, 5.41) is 12.2. The Morgan fingerprint density at radius 2 is 0.919 bits per heavy atom. The zero-order valence-corrected chi connectivity index (χ0v) is 22.3. The maximum Gasteiger partial charge on any atom is 0.112 e. The van der Waals surface area contributed by atoms with Gasteiger partial charge in [-0.15, -0.1) is 0 Å². The largest absolute Gasteiger partial charge is 1.00 e. The molecule has 0 fully saturated rings. The molecular weight excluding hydrogens is 487 g/mol. The van der Waals surface area contributed by atoms with Gasteiger partial charge >= 0.3 is 0 Å². The van der Waals surface area contributed by atoms with Gasteiger partial charge in [-0.3, -0.25) is 0 Å². The molecule has 0 aliphatic carbocycles. The maximum atomic E-state index is 2.48. The molecule has 0 unspecified atom stereocenters. The molecule has 0 saturated heterocycles. The van der Waals surface area contributed by atoms with Crippen molar-refractivity contribution in [1.82, 2.24) is 0 Å². The average molecular weight is 513 g/mol. The van der Waals surface area contributed by atoms with Gasteiger partial charge in [-0.2, -0.15) is 0 Å². The third-order valence-electron chi connectivity index (χ3n) is 7.75. The third-order valence-corrected chi connectivity index (χ3v) is 11.8. The Balaban J connectivity index is 0.00000252. The summed E-state index contributed by atoms with van der Waals surface area (Å²) in [4.78, 5) is 0. The SMILES string of the molecule is C[P+](c1ccccc1)(c1ccccc1)c1ccccc1-c1ccc2ccc3cccc4ccc1c2c34.[Cl-]. The molecule has 37 heavy (non-hydrogen) atoms. The van der Waals surface area contributed by atoms with E-state index in [4.69, 9.17) is 0 Å². The van der Waals surface area contributed by atoms with Crippen LogP contribution in [-0.2, 0) is 0 Å². The summed E-state index contributed by atoms with van der Waals surface area (Å²) < 4.78 is 0. The Hall–Kier alpha value is -3.70. The fourth-order valence-corrected chi connectivity index (χ4v) is 9.39. The predicted octanol–water partition coefficient (Wildman–Crippen LogP) is 5.18. The normalized spacial score (nSPS) is 11.7. The van der Waals surface area contributed by atoms with Gasteiger partial charge in [-0.1, -0.05) is 109 Å². The van der Waals surface area contributed by atoms with Crippen molar-refractivity contribution in [3.05, 3.63) is 140 Å². The fraction of sp³-hybridized carbons (Fsp3) is 0.0286. The maximum absolute atomic E-state index is 2.48. The van der Waals surface area contributed by atoms with Gasteiger partial charge in [0.15, 0.2) is 0 Å². The topological polar surface area (TPSA) is 0 Å². The van der Waals surface area contributed by atoms with E-state index in [1.54, 1.807) is 0 Å². The van der Waals surface area contributed by atoms with E-state index in [2.05, 4.69) is 146 Å². The summed E-state index contributed by atoms with van der Waals surface area (Å²) in [6, 6.07) is 51.7. The summed E-state index contributed by atoms with van der Waals surface area (Å²) in [6.45, 7) is 2.48. The first-order valence-electron chi connectivity index (χ1n) is 12.5. The van der Waals surface area contributed by atoms with Crippen LogP contribution in [0.4, 0.5) is 0 Å². The number of rotatable bonds is 4. The van der Waals surface area contributed by atoms with Crippen LogP contribution in [0.2, 0.25) is 0 Å². The Morgan fingerprint density at radius 3 is 1.57 bits per heavy atom. The second kappa shape index (κ2) is 9.31. The van der Waals surface area contributed by atoms with Crippen molar-refractivity contribution in [1.29, 1.82) is 0 Å².